The molecule has 4 nitrogen and oxygen atoms in total. The van der Waals surface area contributed by atoms with Crippen molar-refractivity contribution in [1.82, 2.24) is 5.32 Å². The van der Waals surface area contributed by atoms with Gasteiger partial charge in [0.25, 0.3) is 0 Å². The summed E-state index contributed by atoms with van der Waals surface area (Å²) in [6.45, 7) is 8.44. The van der Waals surface area contributed by atoms with E-state index in [9.17, 15) is 9.59 Å². The summed E-state index contributed by atoms with van der Waals surface area (Å²) in [4.78, 5) is 23.5. The van der Waals surface area contributed by atoms with Gasteiger partial charge < -0.3 is 11.1 Å². The van der Waals surface area contributed by atoms with E-state index in [0.717, 1.165) is 0 Å². The number of hydrogen-bond acceptors (Lipinski definition) is 3. The summed E-state index contributed by atoms with van der Waals surface area (Å²) in [7, 11) is 0. The van der Waals surface area contributed by atoms with Gasteiger partial charge in [-0.05, 0) is 6.42 Å². The Labute approximate surface area is 98.0 Å². The minimum atomic E-state index is -0.373. The molecule has 16 heavy (non-hydrogen) atoms. The monoisotopic (exact) mass is 228 g/mol. The van der Waals surface area contributed by atoms with Crippen molar-refractivity contribution < 1.29 is 9.59 Å². The summed E-state index contributed by atoms with van der Waals surface area (Å²) < 4.78 is 0. The number of Topliss-reactive ketones (excluding diaryl/α,β-unsaturated/α-hetero) is 1. The fourth-order valence-electron chi connectivity index (χ4n) is 1.29. The lowest BCUT2D eigenvalue weighted by Gasteiger charge is -2.20. The molecule has 0 fully saturated rings. The first-order valence-corrected chi connectivity index (χ1v) is 5.84. The molecule has 94 valence electrons. The normalized spacial score (nSPS) is 13.3. The summed E-state index contributed by atoms with van der Waals surface area (Å²) in [5.41, 5.74) is 4.93. The highest BCUT2D eigenvalue weighted by Gasteiger charge is 2.27. The Balaban J connectivity index is 4.30. The summed E-state index contributed by atoms with van der Waals surface area (Å²) in [5, 5.41) is 2.72. The van der Waals surface area contributed by atoms with Gasteiger partial charge in [-0.1, -0.05) is 27.7 Å². The Bertz CT molecular complexity index is 244. The van der Waals surface area contributed by atoms with Crippen LogP contribution in [-0.4, -0.2) is 24.8 Å². The smallest absolute Gasteiger partial charge is 0.223 e. The largest absolute Gasteiger partial charge is 0.355 e. The number of nitrogens with two attached hydrogens (primary N) is 1. The van der Waals surface area contributed by atoms with Gasteiger partial charge in [-0.15, -0.1) is 0 Å². The van der Waals surface area contributed by atoms with E-state index >= 15 is 0 Å². The number of carbonyl (C=O) groups is 2. The minimum Gasteiger partial charge on any atom is -0.355 e. The van der Waals surface area contributed by atoms with Gasteiger partial charge in [-0.25, -0.2) is 0 Å². The average molecular weight is 228 g/mol. The third-order valence-electron chi connectivity index (χ3n) is 2.58. The fraction of sp³-hybridized carbons (Fsp3) is 0.833. The standard InChI is InChI=1S/C12H24N2O2/c1-5-9(11(16)14-7-6-13)8-10(15)12(2,3)4/h9H,5-8,13H2,1-4H3,(H,14,16)/t9-/m0/s1. The minimum absolute atomic E-state index is 0.0643. The van der Waals surface area contributed by atoms with Gasteiger partial charge in [0.05, 0.1) is 0 Å². The second kappa shape index (κ2) is 6.63. The first kappa shape index (κ1) is 15.1. The molecular weight excluding hydrogens is 204 g/mol. The van der Waals surface area contributed by atoms with Gasteiger partial charge in [0.2, 0.25) is 5.91 Å². The van der Waals surface area contributed by atoms with Gasteiger partial charge in [0.15, 0.2) is 0 Å². The fourth-order valence-corrected chi connectivity index (χ4v) is 1.29. The van der Waals surface area contributed by atoms with E-state index in [1.54, 1.807) is 0 Å². The van der Waals surface area contributed by atoms with Crippen molar-refractivity contribution >= 4 is 11.7 Å². The molecule has 4 heteroatoms. The molecule has 0 saturated heterocycles. The predicted molar refractivity (Wildman–Crippen MR) is 64.9 cm³/mol. The third kappa shape index (κ3) is 5.26. The lowest BCUT2D eigenvalue weighted by atomic mass is 9.84. The van der Waals surface area contributed by atoms with Crippen LogP contribution in [0.15, 0.2) is 0 Å². The summed E-state index contributed by atoms with van der Waals surface area (Å²) in [6.07, 6.45) is 0.995. The maximum atomic E-state index is 11.8. The summed E-state index contributed by atoms with van der Waals surface area (Å²) >= 11 is 0. The van der Waals surface area contributed by atoms with E-state index in [1.165, 1.54) is 0 Å². The van der Waals surface area contributed by atoms with Crippen LogP contribution in [0.4, 0.5) is 0 Å². The van der Waals surface area contributed by atoms with Crippen molar-refractivity contribution in [2.45, 2.75) is 40.5 Å². The molecule has 0 aromatic carbocycles. The van der Waals surface area contributed by atoms with Gasteiger partial charge in [0, 0.05) is 30.8 Å². The topological polar surface area (TPSA) is 72.2 Å². The number of amides is 1. The predicted octanol–water partition coefficient (Wildman–Crippen LogP) is 1.09. The Morgan fingerprint density at radius 2 is 1.88 bits per heavy atom. The van der Waals surface area contributed by atoms with Crippen molar-refractivity contribution in [3.05, 3.63) is 0 Å². The number of hydrogen-bond donors (Lipinski definition) is 2. The average Bonchev–Trinajstić information content (AvgIpc) is 2.20. The molecule has 0 aliphatic heterocycles. The van der Waals surface area contributed by atoms with Crippen LogP contribution in [0.3, 0.4) is 0 Å². The molecule has 0 unspecified atom stereocenters. The van der Waals surface area contributed by atoms with Crippen molar-refractivity contribution in [2.75, 3.05) is 13.1 Å². The van der Waals surface area contributed by atoms with Gasteiger partial charge in [-0.2, -0.15) is 0 Å². The summed E-state index contributed by atoms with van der Waals surface area (Å²) in [6, 6.07) is 0. The number of ketones is 1. The molecule has 0 aliphatic carbocycles. The van der Waals surface area contributed by atoms with Crippen molar-refractivity contribution in [3.8, 4) is 0 Å². The molecule has 0 aliphatic rings. The van der Waals surface area contributed by atoms with Crippen molar-refractivity contribution in [1.29, 1.82) is 0 Å². The zero-order chi connectivity index (χ0) is 12.8. The zero-order valence-electron chi connectivity index (χ0n) is 10.8. The van der Waals surface area contributed by atoms with Crippen LogP contribution in [0.2, 0.25) is 0 Å². The van der Waals surface area contributed by atoms with Crippen LogP contribution in [-0.2, 0) is 9.59 Å². The molecule has 1 atom stereocenters. The molecule has 0 spiro atoms. The lowest BCUT2D eigenvalue weighted by molar-refractivity contribution is -0.133. The van der Waals surface area contributed by atoms with Gasteiger partial charge >= 0.3 is 0 Å². The van der Waals surface area contributed by atoms with E-state index in [2.05, 4.69) is 5.32 Å². The first-order valence-electron chi connectivity index (χ1n) is 5.84. The molecule has 0 bridgehead atoms. The quantitative estimate of drug-likeness (QED) is 0.715. The van der Waals surface area contributed by atoms with E-state index in [0.29, 0.717) is 25.9 Å². The van der Waals surface area contributed by atoms with Crippen LogP contribution in [0.1, 0.15) is 40.5 Å². The molecule has 0 rings (SSSR count). The van der Waals surface area contributed by atoms with Gasteiger partial charge in [0.1, 0.15) is 5.78 Å². The highest BCUT2D eigenvalue weighted by molar-refractivity contribution is 5.89. The van der Waals surface area contributed by atoms with E-state index < -0.39 is 0 Å². The van der Waals surface area contributed by atoms with Crippen molar-refractivity contribution in [3.63, 3.8) is 0 Å². The van der Waals surface area contributed by atoms with Crippen LogP contribution >= 0.6 is 0 Å². The number of rotatable bonds is 6. The van der Waals surface area contributed by atoms with E-state index in [4.69, 9.17) is 5.73 Å². The van der Waals surface area contributed by atoms with E-state index in [-0.39, 0.29) is 23.0 Å². The Morgan fingerprint density at radius 3 is 2.25 bits per heavy atom. The second-order valence-electron chi connectivity index (χ2n) is 5.06. The molecule has 0 heterocycles. The third-order valence-corrected chi connectivity index (χ3v) is 2.58. The van der Waals surface area contributed by atoms with Crippen LogP contribution < -0.4 is 11.1 Å². The maximum absolute atomic E-state index is 11.8. The molecule has 3 N–H and O–H groups in total. The SMILES string of the molecule is CC[C@@H](CC(=O)C(C)(C)C)C(=O)NCCN. The highest BCUT2D eigenvalue weighted by Crippen LogP contribution is 2.21. The Morgan fingerprint density at radius 1 is 1.31 bits per heavy atom. The molecule has 0 aromatic heterocycles. The lowest BCUT2D eigenvalue weighted by Crippen LogP contribution is -2.36. The van der Waals surface area contributed by atoms with Crippen LogP contribution in [0.5, 0.6) is 0 Å². The second-order valence-corrected chi connectivity index (χ2v) is 5.06. The number of carbonyl (C=O) groups excluding carboxylic acids is 2. The Hall–Kier alpha value is -0.900. The first-order chi connectivity index (χ1) is 7.32. The molecule has 0 aromatic rings. The highest BCUT2D eigenvalue weighted by atomic mass is 16.2. The molecule has 0 radical (unpaired) electrons. The molecule has 1 amide bonds. The summed E-state index contributed by atoms with van der Waals surface area (Å²) in [5.74, 6) is -0.161. The molecular formula is C12H24N2O2. The Kier molecular flexibility index (Phi) is 6.26. The number of nitrogens with one attached hydrogen (secondary N) is 1. The zero-order valence-corrected chi connectivity index (χ0v) is 10.8. The van der Waals surface area contributed by atoms with E-state index in [1.807, 2.05) is 27.7 Å². The van der Waals surface area contributed by atoms with Crippen LogP contribution in [0, 0.1) is 11.3 Å². The van der Waals surface area contributed by atoms with Crippen molar-refractivity contribution in [2.24, 2.45) is 17.1 Å². The van der Waals surface area contributed by atoms with Gasteiger partial charge in [-0.3, -0.25) is 9.59 Å². The molecule has 0 saturated carbocycles. The van der Waals surface area contributed by atoms with Crippen LogP contribution in [0.25, 0.3) is 0 Å². The maximum Gasteiger partial charge on any atom is 0.223 e.